The third-order valence-corrected chi connectivity index (χ3v) is 8.00. The standard InChI is InChI=1S/C30H30Cl2N2O2S/c1-22(2)26-14-12-23(13-15-26)20-34(21-25-7-4-9-28(32)17-25)29-10-5-11-30(18-29)37(35,36)33-19-24-6-3-8-27(31)16-24/h3-18,22,33H,19-21H2,1-2H3. The van der Waals surface area contributed by atoms with Crippen LogP contribution < -0.4 is 9.62 Å². The van der Waals surface area contributed by atoms with Crippen molar-refractivity contribution in [1.82, 2.24) is 4.72 Å². The monoisotopic (exact) mass is 552 g/mol. The number of hydrogen-bond donors (Lipinski definition) is 1. The van der Waals surface area contributed by atoms with Gasteiger partial charge >= 0.3 is 0 Å². The Morgan fingerprint density at radius 3 is 1.97 bits per heavy atom. The van der Waals surface area contributed by atoms with Gasteiger partial charge in [-0.3, -0.25) is 0 Å². The Balaban J connectivity index is 1.61. The smallest absolute Gasteiger partial charge is 0.240 e. The minimum absolute atomic E-state index is 0.154. The second-order valence-corrected chi connectivity index (χ2v) is 12.0. The predicted octanol–water partition coefficient (Wildman–Crippen LogP) is 7.80. The highest BCUT2D eigenvalue weighted by Crippen LogP contribution is 2.25. The van der Waals surface area contributed by atoms with Gasteiger partial charge in [0, 0.05) is 35.4 Å². The first-order chi connectivity index (χ1) is 17.7. The van der Waals surface area contributed by atoms with Gasteiger partial charge in [-0.25, -0.2) is 13.1 Å². The maximum absolute atomic E-state index is 13.1. The molecule has 0 radical (unpaired) electrons. The molecular weight excluding hydrogens is 523 g/mol. The quantitative estimate of drug-likeness (QED) is 0.218. The summed E-state index contributed by atoms with van der Waals surface area (Å²) in [7, 11) is -3.74. The summed E-state index contributed by atoms with van der Waals surface area (Å²) in [6.45, 7) is 5.69. The highest BCUT2D eigenvalue weighted by Gasteiger charge is 2.17. The van der Waals surface area contributed by atoms with Crippen molar-refractivity contribution in [2.75, 3.05) is 4.90 Å². The van der Waals surface area contributed by atoms with Crippen molar-refractivity contribution in [3.8, 4) is 0 Å². The molecule has 0 heterocycles. The van der Waals surface area contributed by atoms with E-state index >= 15 is 0 Å². The summed E-state index contributed by atoms with van der Waals surface area (Å²) >= 11 is 12.3. The lowest BCUT2D eigenvalue weighted by molar-refractivity contribution is 0.581. The lowest BCUT2D eigenvalue weighted by atomic mass is 10.0. The van der Waals surface area contributed by atoms with Gasteiger partial charge in [-0.2, -0.15) is 0 Å². The van der Waals surface area contributed by atoms with Crippen molar-refractivity contribution in [3.05, 3.63) is 129 Å². The zero-order valence-corrected chi connectivity index (χ0v) is 23.2. The zero-order valence-electron chi connectivity index (χ0n) is 20.9. The van der Waals surface area contributed by atoms with E-state index < -0.39 is 10.0 Å². The Hall–Kier alpha value is -2.83. The van der Waals surface area contributed by atoms with Gasteiger partial charge < -0.3 is 4.90 Å². The molecule has 4 nitrogen and oxygen atoms in total. The molecule has 0 bridgehead atoms. The normalized spacial score (nSPS) is 11.6. The summed E-state index contributed by atoms with van der Waals surface area (Å²) in [5, 5.41) is 1.23. The average molecular weight is 554 g/mol. The number of nitrogens with one attached hydrogen (secondary N) is 1. The molecule has 0 unspecified atom stereocenters. The van der Waals surface area contributed by atoms with E-state index in [-0.39, 0.29) is 11.4 Å². The highest BCUT2D eigenvalue weighted by atomic mass is 35.5. The topological polar surface area (TPSA) is 49.4 Å². The molecule has 1 N–H and O–H groups in total. The van der Waals surface area contributed by atoms with E-state index in [1.165, 1.54) is 5.56 Å². The van der Waals surface area contributed by atoms with Gasteiger partial charge in [-0.1, -0.05) is 91.6 Å². The van der Waals surface area contributed by atoms with Crippen LogP contribution in [0, 0.1) is 0 Å². The van der Waals surface area contributed by atoms with Crippen LogP contribution in [0.25, 0.3) is 0 Å². The summed E-state index contributed by atoms with van der Waals surface area (Å²) in [6.07, 6.45) is 0. The number of anilines is 1. The Morgan fingerprint density at radius 2 is 1.32 bits per heavy atom. The fourth-order valence-corrected chi connectivity index (χ4v) is 5.56. The first-order valence-electron chi connectivity index (χ1n) is 12.1. The van der Waals surface area contributed by atoms with E-state index in [1.807, 2.05) is 36.4 Å². The molecule has 4 aromatic rings. The zero-order chi connectivity index (χ0) is 26.4. The SMILES string of the molecule is CC(C)c1ccc(CN(Cc2cccc(Cl)c2)c2cccc(S(=O)(=O)NCc3cccc(Cl)c3)c2)cc1. The Kier molecular flexibility index (Phi) is 8.93. The van der Waals surface area contributed by atoms with Crippen molar-refractivity contribution in [2.24, 2.45) is 0 Å². The van der Waals surface area contributed by atoms with Crippen molar-refractivity contribution >= 4 is 38.9 Å². The molecule has 192 valence electrons. The van der Waals surface area contributed by atoms with Crippen molar-refractivity contribution in [1.29, 1.82) is 0 Å². The van der Waals surface area contributed by atoms with E-state index in [0.29, 0.717) is 29.1 Å². The van der Waals surface area contributed by atoms with Crippen LogP contribution in [-0.2, 0) is 29.7 Å². The second-order valence-electron chi connectivity index (χ2n) is 9.33. The van der Waals surface area contributed by atoms with Gasteiger partial charge in [-0.15, -0.1) is 0 Å². The van der Waals surface area contributed by atoms with Gasteiger partial charge in [0.1, 0.15) is 0 Å². The van der Waals surface area contributed by atoms with Gasteiger partial charge in [-0.05, 0) is 70.6 Å². The summed E-state index contributed by atoms with van der Waals surface area (Å²) in [4.78, 5) is 2.37. The molecule has 0 aromatic heterocycles. The van der Waals surface area contributed by atoms with E-state index in [0.717, 1.165) is 22.4 Å². The minimum atomic E-state index is -3.74. The number of nitrogens with zero attached hydrogens (tertiary/aromatic N) is 1. The molecule has 0 aliphatic heterocycles. The molecule has 0 saturated carbocycles. The third kappa shape index (κ3) is 7.59. The Labute approximate surface area is 229 Å². The van der Waals surface area contributed by atoms with E-state index in [4.69, 9.17) is 23.2 Å². The number of hydrogen-bond acceptors (Lipinski definition) is 3. The Morgan fingerprint density at radius 1 is 0.730 bits per heavy atom. The van der Waals surface area contributed by atoms with Gasteiger partial charge in [0.25, 0.3) is 0 Å². The van der Waals surface area contributed by atoms with Gasteiger partial charge in [0.2, 0.25) is 10.0 Å². The number of benzene rings is 4. The molecule has 0 amide bonds. The van der Waals surface area contributed by atoms with E-state index in [9.17, 15) is 8.42 Å². The molecule has 7 heteroatoms. The summed E-state index contributed by atoms with van der Waals surface area (Å²) in [5.41, 5.74) is 5.06. The maximum atomic E-state index is 13.1. The van der Waals surface area contributed by atoms with Crippen molar-refractivity contribution in [3.63, 3.8) is 0 Å². The van der Waals surface area contributed by atoms with Crippen LogP contribution in [0.5, 0.6) is 0 Å². The average Bonchev–Trinajstić information content (AvgIpc) is 2.88. The molecule has 4 aromatic carbocycles. The molecule has 0 atom stereocenters. The van der Waals surface area contributed by atoms with Gasteiger partial charge in [0.15, 0.2) is 0 Å². The molecular formula is C30H30Cl2N2O2S. The van der Waals surface area contributed by atoms with Crippen molar-refractivity contribution in [2.45, 2.75) is 44.3 Å². The van der Waals surface area contributed by atoms with Crippen LogP contribution in [0.15, 0.2) is 102 Å². The first kappa shape index (κ1) is 27.2. The van der Waals surface area contributed by atoms with E-state index in [1.54, 1.807) is 36.4 Å². The molecule has 0 fully saturated rings. The molecule has 0 spiro atoms. The van der Waals surface area contributed by atoms with Crippen LogP contribution in [0.2, 0.25) is 10.0 Å². The molecule has 0 aliphatic rings. The third-order valence-electron chi connectivity index (χ3n) is 6.13. The molecule has 4 rings (SSSR count). The largest absolute Gasteiger partial charge is 0.363 e. The molecule has 0 aliphatic carbocycles. The lowest BCUT2D eigenvalue weighted by Gasteiger charge is -2.26. The first-order valence-corrected chi connectivity index (χ1v) is 14.4. The summed E-state index contributed by atoms with van der Waals surface area (Å²) in [6, 6.07) is 30.5. The number of halogens is 2. The van der Waals surface area contributed by atoms with Crippen LogP contribution in [-0.4, -0.2) is 8.42 Å². The molecule has 0 saturated heterocycles. The van der Waals surface area contributed by atoms with Crippen LogP contribution in [0.4, 0.5) is 5.69 Å². The second kappa shape index (κ2) is 12.1. The lowest BCUT2D eigenvalue weighted by Crippen LogP contribution is -2.25. The summed E-state index contributed by atoms with van der Waals surface area (Å²) < 4.78 is 29.0. The maximum Gasteiger partial charge on any atom is 0.240 e. The number of sulfonamides is 1. The minimum Gasteiger partial charge on any atom is -0.363 e. The van der Waals surface area contributed by atoms with Crippen LogP contribution in [0.3, 0.4) is 0 Å². The highest BCUT2D eigenvalue weighted by molar-refractivity contribution is 7.89. The molecule has 37 heavy (non-hydrogen) atoms. The predicted molar refractivity (Wildman–Crippen MR) is 154 cm³/mol. The fourth-order valence-electron chi connectivity index (χ4n) is 4.08. The van der Waals surface area contributed by atoms with Gasteiger partial charge in [0.05, 0.1) is 4.90 Å². The van der Waals surface area contributed by atoms with Crippen molar-refractivity contribution < 1.29 is 8.42 Å². The van der Waals surface area contributed by atoms with Crippen LogP contribution >= 0.6 is 23.2 Å². The number of rotatable bonds is 10. The van der Waals surface area contributed by atoms with Crippen LogP contribution in [0.1, 0.15) is 42.0 Å². The Bertz CT molecular complexity index is 1450. The summed E-state index contributed by atoms with van der Waals surface area (Å²) in [5.74, 6) is 0.456. The van der Waals surface area contributed by atoms with E-state index in [2.05, 4.69) is 47.7 Å². The fraction of sp³-hybridized carbons (Fsp3) is 0.200.